The van der Waals surface area contributed by atoms with Crippen molar-refractivity contribution in [1.29, 1.82) is 0 Å². The van der Waals surface area contributed by atoms with Crippen LogP contribution in [0.3, 0.4) is 0 Å². The topological polar surface area (TPSA) is 26.3 Å². The molecule has 0 bridgehead atoms. The number of carbonyl (C=O) groups is 1. The molecule has 14 heavy (non-hydrogen) atoms. The molecule has 0 saturated carbocycles. The van der Waals surface area contributed by atoms with Crippen LogP contribution in [0.15, 0.2) is 29.2 Å². The summed E-state index contributed by atoms with van der Waals surface area (Å²) in [6.45, 7) is 1.61. The maximum atomic E-state index is 11.5. The van der Waals surface area contributed by atoms with Crippen LogP contribution in [0.5, 0.6) is 0 Å². The summed E-state index contributed by atoms with van der Waals surface area (Å²) in [7, 11) is 0. The molecule has 1 aromatic rings. The molecule has 4 heteroatoms. The second kappa shape index (κ2) is 5.27. The molecule has 0 saturated heterocycles. The van der Waals surface area contributed by atoms with E-state index in [1.54, 1.807) is 19.1 Å². The van der Waals surface area contributed by atoms with E-state index < -0.39 is 5.56 Å². The van der Waals surface area contributed by atoms with Gasteiger partial charge in [-0.05, 0) is 25.3 Å². The summed E-state index contributed by atoms with van der Waals surface area (Å²) in [4.78, 5) is 12.4. The smallest absolute Gasteiger partial charge is 0.340 e. The minimum atomic E-state index is -0.600. The number of carbonyl (C=O) groups excluding carboxylic acids is 1. The fourth-order valence-electron chi connectivity index (χ4n) is 1.02. The number of halogens is 1. The van der Waals surface area contributed by atoms with Gasteiger partial charge in [-0.25, -0.2) is 4.79 Å². The fraction of sp³-hybridized carbons (Fsp3) is 0.300. The molecule has 0 fully saturated rings. The van der Waals surface area contributed by atoms with E-state index in [1.807, 2.05) is 18.4 Å². The molecule has 1 atom stereocenters. The van der Waals surface area contributed by atoms with Crippen LogP contribution in [-0.2, 0) is 4.74 Å². The normalized spacial score (nSPS) is 12.2. The summed E-state index contributed by atoms with van der Waals surface area (Å²) < 4.78 is 4.89. The van der Waals surface area contributed by atoms with Crippen molar-refractivity contribution in [3.63, 3.8) is 0 Å². The molecule has 0 aliphatic heterocycles. The summed E-state index contributed by atoms with van der Waals surface area (Å²) in [5.74, 6) is -0.377. The molecule has 0 amide bonds. The molecule has 1 rings (SSSR count). The number of hydrogen-bond acceptors (Lipinski definition) is 3. The van der Waals surface area contributed by atoms with Gasteiger partial charge in [0.15, 0.2) is 5.56 Å². The minimum absolute atomic E-state index is 0.377. The summed E-state index contributed by atoms with van der Waals surface area (Å²) >= 11 is 7.08. The van der Waals surface area contributed by atoms with E-state index in [-0.39, 0.29) is 5.97 Å². The third-order valence-electron chi connectivity index (χ3n) is 1.60. The SMILES string of the molecule is CSc1ccccc1C(=O)OC(C)Cl. The Morgan fingerprint density at radius 3 is 2.71 bits per heavy atom. The molecule has 0 aromatic heterocycles. The van der Waals surface area contributed by atoms with Crippen molar-refractivity contribution in [2.45, 2.75) is 17.4 Å². The van der Waals surface area contributed by atoms with E-state index in [4.69, 9.17) is 16.3 Å². The first-order valence-electron chi connectivity index (χ1n) is 4.13. The molecular formula is C10H11ClO2S. The summed E-state index contributed by atoms with van der Waals surface area (Å²) in [5, 5.41) is 0. The van der Waals surface area contributed by atoms with Crippen molar-refractivity contribution in [2.75, 3.05) is 6.26 Å². The Kier molecular flexibility index (Phi) is 4.29. The van der Waals surface area contributed by atoms with E-state index >= 15 is 0 Å². The lowest BCUT2D eigenvalue weighted by molar-refractivity contribution is 0.0468. The van der Waals surface area contributed by atoms with Crippen molar-refractivity contribution in [3.05, 3.63) is 29.8 Å². The Hall–Kier alpha value is -0.670. The monoisotopic (exact) mass is 230 g/mol. The first-order chi connectivity index (χ1) is 6.65. The maximum Gasteiger partial charge on any atom is 0.340 e. The van der Waals surface area contributed by atoms with Crippen molar-refractivity contribution < 1.29 is 9.53 Å². The second-order valence-electron chi connectivity index (χ2n) is 2.65. The van der Waals surface area contributed by atoms with Gasteiger partial charge in [0.1, 0.15) is 0 Å². The fourth-order valence-corrected chi connectivity index (χ4v) is 1.69. The van der Waals surface area contributed by atoms with Gasteiger partial charge < -0.3 is 4.74 Å². The van der Waals surface area contributed by atoms with E-state index in [0.717, 1.165) is 4.90 Å². The number of hydrogen-bond donors (Lipinski definition) is 0. The Balaban J connectivity index is 2.88. The highest BCUT2D eigenvalue weighted by atomic mass is 35.5. The molecule has 0 aliphatic carbocycles. The Morgan fingerprint density at radius 2 is 2.14 bits per heavy atom. The van der Waals surface area contributed by atoms with Crippen molar-refractivity contribution in [3.8, 4) is 0 Å². The first-order valence-corrected chi connectivity index (χ1v) is 5.79. The van der Waals surface area contributed by atoms with Crippen LogP contribution >= 0.6 is 23.4 Å². The molecule has 0 aliphatic rings. The van der Waals surface area contributed by atoms with Gasteiger partial charge >= 0.3 is 5.97 Å². The van der Waals surface area contributed by atoms with Gasteiger partial charge in [0.25, 0.3) is 0 Å². The highest BCUT2D eigenvalue weighted by Gasteiger charge is 2.13. The van der Waals surface area contributed by atoms with Crippen molar-refractivity contribution >= 4 is 29.3 Å². The number of alkyl halides is 1. The molecule has 1 unspecified atom stereocenters. The molecule has 1 aromatic carbocycles. The average molecular weight is 231 g/mol. The number of rotatable bonds is 3. The summed E-state index contributed by atoms with van der Waals surface area (Å²) in [6, 6.07) is 7.29. The van der Waals surface area contributed by atoms with Crippen LogP contribution in [0, 0.1) is 0 Å². The number of thioether (sulfide) groups is 1. The number of esters is 1. The van der Waals surface area contributed by atoms with Crippen LogP contribution in [0.2, 0.25) is 0 Å². The number of ether oxygens (including phenoxy) is 1. The third kappa shape index (κ3) is 2.93. The molecule has 0 heterocycles. The van der Waals surface area contributed by atoms with Crippen LogP contribution in [0.1, 0.15) is 17.3 Å². The zero-order valence-corrected chi connectivity index (χ0v) is 9.56. The van der Waals surface area contributed by atoms with Crippen molar-refractivity contribution in [2.24, 2.45) is 0 Å². The second-order valence-corrected chi connectivity index (χ2v) is 4.11. The third-order valence-corrected chi connectivity index (χ3v) is 2.48. The lowest BCUT2D eigenvalue weighted by atomic mass is 10.2. The van der Waals surface area contributed by atoms with Crippen LogP contribution in [-0.4, -0.2) is 17.8 Å². The van der Waals surface area contributed by atoms with Gasteiger partial charge in [-0.3, -0.25) is 0 Å². The van der Waals surface area contributed by atoms with Gasteiger partial charge in [0, 0.05) is 4.90 Å². The first kappa shape index (κ1) is 11.4. The highest BCUT2D eigenvalue weighted by Crippen LogP contribution is 2.21. The zero-order chi connectivity index (χ0) is 10.6. The van der Waals surface area contributed by atoms with E-state index in [2.05, 4.69) is 0 Å². The molecule has 0 spiro atoms. The predicted octanol–water partition coefficient (Wildman–Crippen LogP) is 3.15. The Morgan fingerprint density at radius 1 is 1.50 bits per heavy atom. The quantitative estimate of drug-likeness (QED) is 0.453. The summed E-state index contributed by atoms with van der Waals surface area (Å²) in [5.41, 5.74) is -0.0371. The van der Waals surface area contributed by atoms with Crippen LogP contribution in [0.4, 0.5) is 0 Å². The Bertz CT molecular complexity index is 326. The average Bonchev–Trinajstić information content (AvgIpc) is 2.16. The summed E-state index contributed by atoms with van der Waals surface area (Å²) in [6.07, 6.45) is 1.91. The maximum absolute atomic E-state index is 11.5. The standard InChI is InChI=1S/C10H11ClO2S/c1-7(11)13-10(12)8-5-3-4-6-9(8)14-2/h3-7H,1-2H3. The predicted molar refractivity (Wildman–Crippen MR) is 59.0 cm³/mol. The van der Waals surface area contributed by atoms with Gasteiger partial charge in [-0.15, -0.1) is 11.8 Å². The zero-order valence-electron chi connectivity index (χ0n) is 7.99. The van der Waals surface area contributed by atoms with Crippen LogP contribution < -0.4 is 0 Å². The molecular weight excluding hydrogens is 220 g/mol. The molecule has 0 N–H and O–H groups in total. The largest absolute Gasteiger partial charge is 0.443 e. The van der Waals surface area contributed by atoms with Gasteiger partial charge in [0.2, 0.25) is 0 Å². The van der Waals surface area contributed by atoms with E-state index in [9.17, 15) is 4.79 Å². The highest BCUT2D eigenvalue weighted by molar-refractivity contribution is 7.98. The lowest BCUT2D eigenvalue weighted by Gasteiger charge is -2.08. The molecule has 0 radical (unpaired) electrons. The van der Waals surface area contributed by atoms with Gasteiger partial charge in [-0.1, -0.05) is 23.7 Å². The molecule has 2 nitrogen and oxygen atoms in total. The van der Waals surface area contributed by atoms with E-state index in [0.29, 0.717) is 5.56 Å². The molecule has 76 valence electrons. The Labute approximate surface area is 92.6 Å². The van der Waals surface area contributed by atoms with E-state index in [1.165, 1.54) is 11.8 Å². The van der Waals surface area contributed by atoms with Crippen molar-refractivity contribution in [1.82, 2.24) is 0 Å². The lowest BCUT2D eigenvalue weighted by Crippen LogP contribution is -2.10. The van der Waals surface area contributed by atoms with Gasteiger partial charge in [0.05, 0.1) is 5.56 Å². The minimum Gasteiger partial charge on any atom is -0.443 e. The van der Waals surface area contributed by atoms with Gasteiger partial charge in [-0.2, -0.15) is 0 Å². The van der Waals surface area contributed by atoms with Crippen LogP contribution in [0.25, 0.3) is 0 Å². The number of benzene rings is 1.